The van der Waals surface area contributed by atoms with Crippen molar-refractivity contribution in [1.29, 1.82) is 0 Å². The van der Waals surface area contributed by atoms with Gasteiger partial charge < -0.3 is 14.8 Å². The molecule has 3 aromatic rings. The summed E-state index contributed by atoms with van der Waals surface area (Å²) in [7, 11) is 1.82. The van der Waals surface area contributed by atoms with E-state index in [9.17, 15) is 4.39 Å². The van der Waals surface area contributed by atoms with Crippen molar-refractivity contribution in [1.82, 2.24) is 9.72 Å². The van der Waals surface area contributed by atoms with Crippen LogP contribution < -0.4 is 5.73 Å². The minimum absolute atomic E-state index is 0.284. The molecule has 5 heteroatoms. The number of aromatic nitrogens is 2. The lowest BCUT2D eigenvalue weighted by atomic mass is 10.1. The maximum absolute atomic E-state index is 14.1. The first-order valence-corrected chi connectivity index (χ1v) is 5.54. The molecule has 1 aromatic carbocycles. The standard InChI is InChI=1S/C13H12FN3O/c1-7-6-17(2)13-9(7)3-8(4-10(13)14)11-5-12(15)16-18-11/h3-6H,1-2H3,(H2,15,16). The van der Waals surface area contributed by atoms with E-state index in [0.29, 0.717) is 16.8 Å². The third-order valence-electron chi connectivity index (χ3n) is 3.04. The SMILES string of the molecule is Cc1cn(C)c2c(F)cc(-c3cc(N)no3)cc12. The van der Waals surface area contributed by atoms with Gasteiger partial charge in [0.25, 0.3) is 0 Å². The highest BCUT2D eigenvalue weighted by atomic mass is 19.1. The summed E-state index contributed by atoms with van der Waals surface area (Å²) in [6.45, 7) is 1.94. The van der Waals surface area contributed by atoms with Crippen LogP contribution in [0, 0.1) is 12.7 Å². The van der Waals surface area contributed by atoms with Gasteiger partial charge in [-0.05, 0) is 24.6 Å². The van der Waals surface area contributed by atoms with E-state index < -0.39 is 0 Å². The molecule has 0 atom stereocenters. The molecule has 0 aliphatic heterocycles. The number of hydrogen-bond donors (Lipinski definition) is 1. The molecule has 18 heavy (non-hydrogen) atoms. The number of fused-ring (bicyclic) bond motifs is 1. The number of anilines is 1. The fourth-order valence-corrected chi connectivity index (χ4v) is 2.25. The molecule has 0 amide bonds. The fourth-order valence-electron chi connectivity index (χ4n) is 2.25. The predicted octanol–water partition coefficient (Wildman–Crippen LogP) is 2.86. The topological polar surface area (TPSA) is 57.0 Å². The summed E-state index contributed by atoms with van der Waals surface area (Å²) < 4.78 is 20.9. The summed E-state index contributed by atoms with van der Waals surface area (Å²) in [5.74, 6) is 0.472. The minimum Gasteiger partial charge on any atom is -0.381 e. The first-order chi connectivity index (χ1) is 8.56. The van der Waals surface area contributed by atoms with Gasteiger partial charge in [0.1, 0.15) is 5.82 Å². The molecular formula is C13H12FN3O. The van der Waals surface area contributed by atoms with Crippen LogP contribution in [0.25, 0.3) is 22.2 Å². The summed E-state index contributed by atoms with van der Waals surface area (Å²) in [6.07, 6.45) is 1.90. The molecule has 92 valence electrons. The van der Waals surface area contributed by atoms with Crippen molar-refractivity contribution in [2.24, 2.45) is 7.05 Å². The van der Waals surface area contributed by atoms with E-state index in [1.807, 2.05) is 26.2 Å². The summed E-state index contributed by atoms with van der Waals surface area (Å²) in [4.78, 5) is 0. The molecule has 4 nitrogen and oxygen atoms in total. The van der Waals surface area contributed by atoms with Crippen LogP contribution in [0.1, 0.15) is 5.56 Å². The molecule has 0 bridgehead atoms. The van der Waals surface area contributed by atoms with E-state index in [2.05, 4.69) is 5.16 Å². The van der Waals surface area contributed by atoms with Crippen molar-refractivity contribution in [2.75, 3.05) is 5.73 Å². The molecule has 2 N–H and O–H groups in total. The zero-order valence-electron chi connectivity index (χ0n) is 10.1. The van der Waals surface area contributed by atoms with Gasteiger partial charge in [-0.15, -0.1) is 0 Å². The van der Waals surface area contributed by atoms with Crippen LogP contribution in [-0.4, -0.2) is 9.72 Å². The maximum Gasteiger partial charge on any atom is 0.169 e. The van der Waals surface area contributed by atoms with Crippen LogP contribution in [0.2, 0.25) is 0 Å². The normalized spacial score (nSPS) is 11.3. The molecule has 0 spiro atoms. The Morgan fingerprint density at radius 3 is 2.78 bits per heavy atom. The highest BCUT2D eigenvalue weighted by molar-refractivity contribution is 5.88. The number of halogens is 1. The van der Waals surface area contributed by atoms with Gasteiger partial charge in [-0.1, -0.05) is 5.16 Å². The third kappa shape index (κ3) is 1.48. The maximum atomic E-state index is 14.1. The van der Waals surface area contributed by atoms with Crippen LogP contribution in [0.5, 0.6) is 0 Å². The first kappa shape index (κ1) is 10.8. The van der Waals surface area contributed by atoms with E-state index in [0.717, 1.165) is 10.9 Å². The van der Waals surface area contributed by atoms with Crippen LogP contribution in [0.15, 0.2) is 28.9 Å². The van der Waals surface area contributed by atoms with Crippen molar-refractivity contribution < 1.29 is 8.91 Å². The Morgan fingerprint density at radius 1 is 1.33 bits per heavy atom. The van der Waals surface area contributed by atoms with Crippen molar-refractivity contribution in [3.8, 4) is 11.3 Å². The van der Waals surface area contributed by atoms with E-state index in [1.165, 1.54) is 6.07 Å². The molecule has 0 saturated heterocycles. The zero-order valence-corrected chi connectivity index (χ0v) is 10.1. The van der Waals surface area contributed by atoms with Crippen molar-refractivity contribution in [2.45, 2.75) is 6.92 Å². The Balaban J connectivity index is 2.30. The van der Waals surface area contributed by atoms with Gasteiger partial charge in [-0.2, -0.15) is 0 Å². The van der Waals surface area contributed by atoms with Crippen molar-refractivity contribution >= 4 is 16.7 Å². The molecule has 0 aliphatic rings. The Labute approximate surface area is 103 Å². The van der Waals surface area contributed by atoms with E-state index >= 15 is 0 Å². The second-order valence-electron chi connectivity index (χ2n) is 4.39. The number of nitrogen functional groups attached to an aromatic ring is 1. The molecule has 2 heterocycles. The minimum atomic E-state index is -0.284. The number of nitrogens with zero attached hydrogens (tertiary/aromatic N) is 2. The summed E-state index contributed by atoms with van der Waals surface area (Å²) in [5, 5.41) is 4.47. The van der Waals surface area contributed by atoms with Crippen LogP contribution in [0.3, 0.4) is 0 Å². The molecule has 3 rings (SSSR count). The van der Waals surface area contributed by atoms with Gasteiger partial charge in [0.2, 0.25) is 0 Å². The lowest BCUT2D eigenvalue weighted by molar-refractivity contribution is 0.435. The largest absolute Gasteiger partial charge is 0.381 e. The summed E-state index contributed by atoms with van der Waals surface area (Å²) in [5.41, 5.74) is 7.74. The van der Waals surface area contributed by atoms with Gasteiger partial charge in [0.15, 0.2) is 11.6 Å². The second kappa shape index (κ2) is 3.60. The monoisotopic (exact) mass is 245 g/mol. The summed E-state index contributed by atoms with van der Waals surface area (Å²) >= 11 is 0. The van der Waals surface area contributed by atoms with Crippen LogP contribution in [-0.2, 0) is 7.05 Å². The number of benzene rings is 1. The number of rotatable bonds is 1. The fraction of sp³-hybridized carbons (Fsp3) is 0.154. The Kier molecular flexibility index (Phi) is 2.16. The molecule has 0 saturated carbocycles. The number of aryl methyl sites for hydroxylation is 2. The first-order valence-electron chi connectivity index (χ1n) is 5.54. The average molecular weight is 245 g/mol. The lowest BCUT2D eigenvalue weighted by Crippen LogP contribution is -1.89. The van der Waals surface area contributed by atoms with E-state index in [-0.39, 0.29) is 11.6 Å². The van der Waals surface area contributed by atoms with Gasteiger partial charge in [0.05, 0.1) is 5.52 Å². The summed E-state index contributed by atoms with van der Waals surface area (Å²) in [6, 6.07) is 4.90. The zero-order chi connectivity index (χ0) is 12.9. The average Bonchev–Trinajstić information content (AvgIpc) is 2.84. The molecule has 2 aromatic heterocycles. The quantitative estimate of drug-likeness (QED) is 0.717. The van der Waals surface area contributed by atoms with Crippen LogP contribution in [0.4, 0.5) is 10.2 Å². The van der Waals surface area contributed by atoms with Gasteiger partial charge in [0, 0.05) is 30.3 Å². The van der Waals surface area contributed by atoms with Crippen molar-refractivity contribution in [3.05, 3.63) is 35.8 Å². The number of hydrogen-bond acceptors (Lipinski definition) is 3. The Morgan fingerprint density at radius 2 is 2.11 bits per heavy atom. The van der Waals surface area contributed by atoms with Gasteiger partial charge >= 0.3 is 0 Å². The van der Waals surface area contributed by atoms with Crippen LogP contribution >= 0.6 is 0 Å². The van der Waals surface area contributed by atoms with Crippen molar-refractivity contribution in [3.63, 3.8) is 0 Å². The second-order valence-corrected chi connectivity index (χ2v) is 4.39. The molecular weight excluding hydrogens is 233 g/mol. The highest BCUT2D eigenvalue weighted by Gasteiger charge is 2.13. The third-order valence-corrected chi connectivity index (χ3v) is 3.04. The molecule has 0 radical (unpaired) electrons. The highest BCUT2D eigenvalue weighted by Crippen LogP contribution is 2.30. The predicted molar refractivity (Wildman–Crippen MR) is 67.5 cm³/mol. The smallest absolute Gasteiger partial charge is 0.169 e. The van der Waals surface area contributed by atoms with E-state index in [4.69, 9.17) is 10.3 Å². The van der Waals surface area contributed by atoms with Gasteiger partial charge in [-0.25, -0.2) is 4.39 Å². The van der Waals surface area contributed by atoms with E-state index in [1.54, 1.807) is 10.6 Å². The molecule has 0 fully saturated rings. The molecule has 0 aliphatic carbocycles. The lowest BCUT2D eigenvalue weighted by Gasteiger charge is -2.01. The Bertz CT molecular complexity index is 742. The number of nitrogens with two attached hydrogens (primary N) is 1. The van der Waals surface area contributed by atoms with Gasteiger partial charge in [-0.3, -0.25) is 0 Å². The molecule has 0 unspecified atom stereocenters. The Hall–Kier alpha value is -2.30.